The van der Waals surface area contributed by atoms with Crippen LogP contribution < -0.4 is 4.90 Å². The third kappa shape index (κ3) is 5.01. The first-order valence-electron chi connectivity index (χ1n) is 21.9. The Morgan fingerprint density at radius 3 is 1.57 bits per heavy atom. The van der Waals surface area contributed by atoms with Gasteiger partial charge in [-0.05, 0) is 80.4 Å². The molecule has 0 amide bonds. The number of rotatable bonds is 6. The molecule has 1 spiro atoms. The van der Waals surface area contributed by atoms with Crippen LogP contribution >= 0.6 is 0 Å². The molecule has 2 nitrogen and oxygen atoms in total. The zero-order chi connectivity index (χ0) is 41.5. The van der Waals surface area contributed by atoms with Crippen molar-refractivity contribution in [3.05, 3.63) is 265 Å². The maximum absolute atomic E-state index is 2.56. The third-order valence-electron chi connectivity index (χ3n) is 13.6. The molecule has 13 rings (SSSR count). The van der Waals surface area contributed by atoms with Gasteiger partial charge in [-0.15, -0.1) is 0 Å². The van der Waals surface area contributed by atoms with E-state index in [1.807, 2.05) is 0 Å². The molecule has 1 atom stereocenters. The molecular formula is C61H40N2. The summed E-state index contributed by atoms with van der Waals surface area (Å²) in [6.45, 7) is 0. The topological polar surface area (TPSA) is 8.17 Å². The van der Waals surface area contributed by atoms with Gasteiger partial charge in [-0.3, -0.25) is 0 Å². The fourth-order valence-corrected chi connectivity index (χ4v) is 11.2. The summed E-state index contributed by atoms with van der Waals surface area (Å²) >= 11 is 0. The van der Waals surface area contributed by atoms with Crippen LogP contribution in [0.2, 0.25) is 0 Å². The van der Waals surface area contributed by atoms with E-state index in [0.717, 1.165) is 22.6 Å². The molecule has 1 aliphatic carbocycles. The summed E-state index contributed by atoms with van der Waals surface area (Å²) in [5.41, 5.74) is 21.3. The largest absolute Gasteiger partial charge is 0.309 e. The first-order chi connectivity index (χ1) is 31.3. The summed E-state index contributed by atoms with van der Waals surface area (Å²) in [5, 5.41) is 2.56. The minimum absolute atomic E-state index is 0.577. The third-order valence-corrected chi connectivity index (χ3v) is 13.6. The first-order valence-corrected chi connectivity index (χ1v) is 21.9. The zero-order valence-corrected chi connectivity index (χ0v) is 34.5. The van der Waals surface area contributed by atoms with Crippen molar-refractivity contribution in [3.8, 4) is 50.2 Å². The van der Waals surface area contributed by atoms with Gasteiger partial charge in [0.1, 0.15) is 0 Å². The molecule has 294 valence electrons. The number of benzene rings is 10. The molecule has 0 radical (unpaired) electrons. The van der Waals surface area contributed by atoms with Crippen LogP contribution in [0.4, 0.5) is 17.1 Å². The van der Waals surface area contributed by atoms with Crippen molar-refractivity contribution in [2.24, 2.45) is 0 Å². The van der Waals surface area contributed by atoms with Gasteiger partial charge in [0, 0.05) is 27.5 Å². The summed E-state index contributed by atoms with van der Waals surface area (Å²) in [6.07, 6.45) is 0. The normalized spacial score (nSPS) is 14.4. The molecule has 0 N–H and O–H groups in total. The van der Waals surface area contributed by atoms with E-state index in [9.17, 15) is 0 Å². The van der Waals surface area contributed by atoms with Crippen molar-refractivity contribution in [2.75, 3.05) is 4.90 Å². The van der Waals surface area contributed by atoms with E-state index in [4.69, 9.17) is 0 Å². The quantitative estimate of drug-likeness (QED) is 0.163. The smallest absolute Gasteiger partial charge is 0.0755 e. The van der Waals surface area contributed by atoms with Crippen molar-refractivity contribution in [3.63, 3.8) is 0 Å². The van der Waals surface area contributed by atoms with Crippen LogP contribution in [0.1, 0.15) is 22.3 Å². The standard InChI is InChI=1S/C61H40N2/c1-3-21-41(22-4-1)43-25-7-8-27-45(43)46-28-11-16-37-55(46)62(54-36-15-10-26-44(54)42-23-5-2-6-24-42)58-40-20-34-52-59(58)49-30-9-13-32-50(49)61(52)51-33-14-18-39-57(51)63-56-38-17-12-29-47(56)48-31-19-35-53(61)60(48)63/h1-40H. The predicted molar refractivity (Wildman–Crippen MR) is 263 cm³/mol. The molecule has 1 unspecified atom stereocenters. The summed E-state index contributed by atoms with van der Waals surface area (Å²) in [4.78, 5) is 2.56. The van der Waals surface area contributed by atoms with E-state index in [-0.39, 0.29) is 0 Å². The van der Waals surface area contributed by atoms with E-state index < -0.39 is 5.41 Å². The van der Waals surface area contributed by atoms with Crippen LogP contribution in [0.5, 0.6) is 0 Å². The highest BCUT2D eigenvalue weighted by molar-refractivity contribution is 6.13. The van der Waals surface area contributed by atoms with Gasteiger partial charge in [-0.1, -0.05) is 212 Å². The lowest BCUT2D eigenvalue weighted by Crippen LogP contribution is -2.33. The fourth-order valence-electron chi connectivity index (χ4n) is 11.2. The second kappa shape index (κ2) is 13.9. The molecule has 0 saturated heterocycles. The van der Waals surface area contributed by atoms with Gasteiger partial charge >= 0.3 is 0 Å². The molecule has 63 heavy (non-hydrogen) atoms. The predicted octanol–water partition coefficient (Wildman–Crippen LogP) is 15.9. The number of hydrogen-bond acceptors (Lipinski definition) is 1. The lowest BCUT2D eigenvalue weighted by atomic mass is 9.65. The van der Waals surface area contributed by atoms with Crippen molar-refractivity contribution >= 4 is 38.9 Å². The van der Waals surface area contributed by atoms with Crippen molar-refractivity contribution in [2.45, 2.75) is 5.41 Å². The Morgan fingerprint density at radius 1 is 0.302 bits per heavy atom. The number of hydrogen-bond donors (Lipinski definition) is 0. The van der Waals surface area contributed by atoms with Gasteiger partial charge in [0.05, 0.1) is 39.2 Å². The van der Waals surface area contributed by atoms with Crippen LogP contribution in [-0.2, 0) is 5.41 Å². The summed E-state index contributed by atoms with van der Waals surface area (Å²) in [7, 11) is 0. The minimum Gasteiger partial charge on any atom is -0.309 e. The van der Waals surface area contributed by atoms with E-state index in [2.05, 4.69) is 252 Å². The van der Waals surface area contributed by atoms with Gasteiger partial charge in [0.15, 0.2) is 0 Å². The molecule has 2 aliphatic rings. The summed E-state index contributed by atoms with van der Waals surface area (Å²) in [5.74, 6) is 0. The number of fused-ring (bicyclic) bond motifs is 12. The van der Waals surface area contributed by atoms with Gasteiger partial charge in [0.25, 0.3) is 0 Å². The molecule has 10 aromatic carbocycles. The molecule has 1 aliphatic heterocycles. The van der Waals surface area contributed by atoms with Gasteiger partial charge in [-0.2, -0.15) is 0 Å². The number of para-hydroxylation sites is 5. The lowest BCUT2D eigenvalue weighted by molar-refractivity contribution is 0.748. The van der Waals surface area contributed by atoms with E-state index in [1.165, 1.54) is 88.7 Å². The van der Waals surface area contributed by atoms with Crippen molar-refractivity contribution in [1.82, 2.24) is 4.57 Å². The number of aromatic nitrogens is 1. The van der Waals surface area contributed by atoms with Crippen molar-refractivity contribution < 1.29 is 0 Å². The van der Waals surface area contributed by atoms with Gasteiger partial charge < -0.3 is 9.47 Å². The number of nitrogens with zero attached hydrogens (tertiary/aromatic N) is 2. The van der Waals surface area contributed by atoms with Crippen LogP contribution in [0.15, 0.2) is 243 Å². The Labute approximate surface area is 367 Å². The van der Waals surface area contributed by atoms with E-state index >= 15 is 0 Å². The lowest BCUT2D eigenvalue weighted by Gasteiger charge is -2.39. The summed E-state index contributed by atoms with van der Waals surface area (Å²) < 4.78 is 2.52. The Balaban J connectivity index is 1.16. The summed E-state index contributed by atoms with van der Waals surface area (Å²) in [6, 6.07) is 89.6. The molecule has 2 heterocycles. The average molecular weight is 801 g/mol. The first kappa shape index (κ1) is 35.5. The van der Waals surface area contributed by atoms with Crippen LogP contribution in [0.3, 0.4) is 0 Å². The van der Waals surface area contributed by atoms with Crippen molar-refractivity contribution in [1.29, 1.82) is 0 Å². The maximum Gasteiger partial charge on any atom is 0.0755 e. The molecule has 1 aromatic heterocycles. The molecule has 11 aromatic rings. The maximum atomic E-state index is 2.56. The van der Waals surface area contributed by atoms with Gasteiger partial charge in [0.2, 0.25) is 0 Å². The Kier molecular flexibility index (Phi) is 7.85. The van der Waals surface area contributed by atoms with Crippen LogP contribution in [0, 0.1) is 0 Å². The molecule has 2 heteroatoms. The molecule has 0 saturated carbocycles. The second-order valence-corrected chi connectivity index (χ2v) is 16.7. The average Bonchev–Trinajstić information content (AvgIpc) is 3.86. The van der Waals surface area contributed by atoms with E-state index in [1.54, 1.807) is 0 Å². The molecular weight excluding hydrogens is 761 g/mol. The fraction of sp³-hybridized carbons (Fsp3) is 0.0164. The number of anilines is 3. The Morgan fingerprint density at radius 2 is 0.794 bits per heavy atom. The molecule has 0 bridgehead atoms. The van der Waals surface area contributed by atoms with E-state index in [0.29, 0.717) is 0 Å². The zero-order valence-electron chi connectivity index (χ0n) is 34.5. The van der Waals surface area contributed by atoms with Crippen LogP contribution in [0.25, 0.3) is 72.0 Å². The van der Waals surface area contributed by atoms with Gasteiger partial charge in [-0.25, -0.2) is 0 Å². The molecule has 0 fully saturated rings. The Hall–Kier alpha value is -8.20. The van der Waals surface area contributed by atoms with Crippen LogP contribution in [-0.4, -0.2) is 4.57 Å². The Bertz CT molecular complexity index is 3580. The SMILES string of the molecule is c1ccc(-c2ccccc2-c2ccccc2N(c2ccccc2-c2ccccc2)c2cccc3c2-c2ccccc2C32c3ccccc3-n3c4ccccc4c4cccc2c43)cc1. The highest BCUT2D eigenvalue weighted by Gasteiger charge is 2.51. The minimum atomic E-state index is -0.577. The second-order valence-electron chi connectivity index (χ2n) is 16.7. The highest BCUT2D eigenvalue weighted by Crippen LogP contribution is 2.63. The highest BCUT2D eigenvalue weighted by atomic mass is 15.2. The monoisotopic (exact) mass is 800 g/mol.